The van der Waals surface area contributed by atoms with Crippen molar-refractivity contribution in [2.75, 3.05) is 20.3 Å². The first-order chi connectivity index (χ1) is 11.4. The Balaban J connectivity index is 2.01. The summed E-state index contributed by atoms with van der Waals surface area (Å²) in [4.78, 5) is 0.290. The lowest BCUT2D eigenvalue weighted by molar-refractivity contribution is 0.215. The van der Waals surface area contributed by atoms with E-state index in [1.807, 2.05) is 6.07 Å². The van der Waals surface area contributed by atoms with Gasteiger partial charge in [0.25, 0.3) is 0 Å². The summed E-state index contributed by atoms with van der Waals surface area (Å²) in [5.41, 5.74) is 9.96. The Hall–Kier alpha value is -2.27. The number of hydrogen-bond donors (Lipinski definition) is 1. The Labute approximate surface area is 148 Å². The van der Waals surface area contributed by atoms with Crippen molar-refractivity contribution < 1.29 is 14.2 Å². The van der Waals surface area contributed by atoms with Crippen LogP contribution < -0.4 is 19.9 Å². The highest BCUT2D eigenvalue weighted by atomic mass is 32.1. The molecule has 0 amide bonds. The second-order valence-corrected chi connectivity index (χ2v) is 6.07. The van der Waals surface area contributed by atoms with E-state index < -0.39 is 0 Å². The molecular formula is C19H23NO3S. The number of rotatable bonds is 7. The van der Waals surface area contributed by atoms with Crippen LogP contribution in [0.25, 0.3) is 0 Å². The van der Waals surface area contributed by atoms with Crippen molar-refractivity contribution in [1.82, 2.24) is 0 Å². The first-order valence-electron chi connectivity index (χ1n) is 7.73. The van der Waals surface area contributed by atoms with E-state index in [1.165, 1.54) is 11.1 Å². The maximum atomic E-state index is 5.86. The van der Waals surface area contributed by atoms with Gasteiger partial charge in [0.2, 0.25) is 0 Å². The number of methoxy groups -OCH3 is 1. The number of aryl methyl sites for hydroxylation is 2. The van der Waals surface area contributed by atoms with E-state index in [1.54, 1.807) is 25.3 Å². The molecule has 0 unspecified atom stereocenters. The molecule has 5 heteroatoms. The standard InChI is InChI=1S/C19H23NO3S/c1-12-9-13(2)14(3)17(10-12)22-7-8-23-18-11-15(21-4)5-6-16(18)19(20)24/h5-6,9-11H,7-8H2,1-4H3,(H2,20,24). The van der Waals surface area contributed by atoms with Gasteiger partial charge in [-0.15, -0.1) is 0 Å². The lowest BCUT2D eigenvalue weighted by Crippen LogP contribution is -2.15. The van der Waals surface area contributed by atoms with E-state index in [0.29, 0.717) is 35.3 Å². The molecule has 0 aliphatic heterocycles. The molecule has 0 saturated heterocycles. The summed E-state index contributed by atoms with van der Waals surface area (Å²) in [6.45, 7) is 7.00. The quantitative estimate of drug-likeness (QED) is 0.612. The van der Waals surface area contributed by atoms with Crippen molar-refractivity contribution in [2.45, 2.75) is 20.8 Å². The molecule has 0 aliphatic carbocycles. The Morgan fingerprint density at radius 2 is 1.67 bits per heavy atom. The minimum absolute atomic E-state index is 0.290. The highest BCUT2D eigenvalue weighted by molar-refractivity contribution is 7.80. The molecule has 0 saturated carbocycles. The second-order valence-electron chi connectivity index (χ2n) is 5.63. The molecule has 2 aromatic rings. The van der Waals surface area contributed by atoms with Crippen molar-refractivity contribution >= 4 is 17.2 Å². The zero-order valence-corrected chi connectivity index (χ0v) is 15.3. The van der Waals surface area contributed by atoms with Gasteiger partial charge in [0.15, 0.2) is 0 Å². The van der Waals surface area contributed by atoms with Crippen LogP contribution in [0.1, 0.15) is 22.3 Å². The number of nitrogens with two attached hydrogens (primary N) is 1. The van der Waals surface area contributed by atoms with Crippen LogP contribution in [-0.2, 0) is 0 Å². The molecule has 128 valence electrons. The Kier molecular flexibility index (Phi) is 6.04. The molecule has 2 rings (SSSR count). The second kappa shape index (κ2) is 8.02. The summed E-state index contributed by atoms with van der Waals surface area (Å²) >= 11 is 5.06. The van der Waals surface area contributed by atoms with Gasteiger partial charge in [0.1, 0.15) is 35.5 Å². The van der Waals surface area contributed by atoms with Gasteiger partial charge in [0.05, 0.1) is 12.7 Å². The van der Waals surface area contributed by atoms with Crippen LogP contribution >= 0.6 is 12.2 Å². The minimum Gasteiger partial charge on any atom is -0.497 e. The summed E-state index contributed by atoms with van der Waals surface area (Å²) < 4.78 is 16.9. The van der Waals surface area contributed by atoms with Crippen LogP contribution in [0, 0.1) is 20.8 Å². The van der Waals surface area contributed by atoms with Crippen molar-refractivity contribution in [3.8, 4) is 17.2 Å². The first-order valence-corrected chi connectivity index (χ1v) is 8.14. The van der Waals surface area contributed by atoms with Crippen LogP contribution in [0.5, 0.6) is 17.2 Å². The van der Waals surface area contributed by atoms with E-state index in [9.17, 15) is 0 Å². The van der Waals surface area contributed by atoms with Crippen LogP contribution in [0.4, 0.5) is 0 Å². The molecule has 0 heterocycles. The molecule has 0 atom stereocenters. The fraction of sp³-hybridized carbons (Fsp3) is 0.316. The monoisotopic (exact) mass is 345 g/mol. The number of ether oxygens (including phenoxy) is 3. The van der Waals surface area contributed by atoms with E-state index >= 15 is 0 Å². The molecule has 0 bridgehead atoms. The van der Waals surface area contributed by atoms with Crippen LogP contribution in [0.3, 0.4) is 0 Å². The summed E-state index contributed by atoms with van der Waals surface area (Å²) in [7, 11) is 1.60. The number of hydrogen-bond acceptors (Lipinski definition) is 4. The highest BCUT2D eigenvalue weighted by Crippen LogP contribution is 2.26. The molecule has 4 nitrogen and oxygen atoms in total. The topological polar surface area (TPSA) is 53.7 Å². The van der Waals surface area contributed by atoms with Gasteiger partial charge in [-0.1, -0.05) is 18.3 Å². The fourth-order valence-corrected chi connectivity index (χ4v) is 2.58. The van der Waals surface area contributed by atoms with E-state index in [-0.39, 0.29) is 0 Å². The average molecular weight is 345 g/mol. The van der Waals surface area contributed by atoms with Gasteiger partial charge in [-0.3, -0.25) is 0 Å². The summed E-state index contributed by atoms with van der Waals surface area (Å²) in [5, 5.41) is 0. The Bertz CT molecular complexity index is 744. The largest absolute Gasteiger partial charge is 0.497 e. The van der Waals surface area contributed by atoms with Gasteiger partial charge in [-0.2, -0.15) is 0 Å². The molecule has 0 aliphatic rings. The molecule has 24 heavy (non-hydrogen) atoms. The van der Waals surface area contributed by atoms with E-state index in [0.717, 1.165) is 11.3 Å². The van der Waals surface area contributed by atoms with Crippen molar-refractivity contribution in [2.24, 2.45) is 5.73 Å². The third kappa shape index (κ3) is 4.38. The van der Waals surface area contributed by atoms with Gasteiger partial charge < -0.3 is 19.9 Å². The van der Waals surface area contributed by atoms with Crippen molar-refractivity contribution in [3.05, 3.63) is 52.6 Å². The maximum Gasteiger partial charge on any atom is 0.133 e. The average Bonchev–Trinajstić information content (AvgIpc) is 2.55. The first kappa shape index (κ1) is 18.1. The molecule has 0 radical (unpaired) electrons. The molecule has 0 aromatic heterocycles. The SMILES string of the molecule is COc1ccc(C(N)=S)c(OCCOc2cc(C)cc(C)c2C)c1. The van der Waals surface area contributed by atoms with Crippen molar-refractivity contribution in [3.63, 3.8) is 0 Å². The van der Waals surface area contributed by atoms with Crippen LogP contribution in [-0.4, -0.2) is 25.3 Å². The van der Waals surface area contributed by atoms with Gasteiger partial charge in [-0.05, 0) is 55.7 Å². The summed E-state index contributed by atoms with van der Waals surface area (Å²) in [5.74, 6) is 2.18. The van der Waals surface area contributed by atoms with Crippen LogP contribution in [0.2, 0.25) is 0 Å². The van der Waals surface area contributed by atoms with Gasteiger partial charge >= 0.3 is 0 Å². The number of benzene rings is 2. The van der Waals surface area contributed by atoms with Gasteiger partial charge in [-0.25, -0.2) is 0 Å². The fourth-order valence-electron chi connectivity index (χ4n) is 2.41. The third-order valence-corrected chi connectivity index (χ3v) is 4.04. The zero-order chi connectivity index (χ0) is 17.7. The normalized spacial score (nSPS) is 10.3. The maximum absolute atomic E-state index is 5.86. The minimum atomic E-state index is 0.290. The summed E-state index contributed by atoms with van der Waals surface area (Å²) in [6.07, 6.45) is 0. The number of thiocarbonyl (C=S) groups is 1. The molecule has 2 aromatic carbocycles. The predicted molar refractivity (Wildman–Crippen MR) is 101 cm³/mol. The predicted octanol–water partition coefficient (Wildman–Crippen LogP) is 3.71. The zero-order valence-electron chi connectivity index (χ0n) is 14.5. The molecule has 2 N–H and O–H groups in total. The molecule has 0 spiro atoms. The Morgan fingerprint density at radius 1 is 1.00 bits per heavy atom. The van der Waals surface area contributed by atoms with Crippen LogP contribution in [0.15, 0.2) is 30.3 Å². The summed E-state index contributed by atoms with van der Waals surface area (Å²) in [6, 6.07) is 9.55. The lowest BCUT2D eigenvalue weighted by atomic mass is 10.1. The van der Waals surface area contributed by atoms with E-state index in [2.05, 4.69) is 26.8 Å². The lowest BCUT2D eigenvalue weighted by Gasteiger charge is -2.15. The smallest absolute Gasteiger partial charge is 0.133 e. The van der Waals surface area contributed by atoms with E-state index in [4.69, 9.17) is 32.2 Å². The van der Waals surface area contributed by atoms with Gasteiger partial charge in [0, 0.05) is 6.07 Å². The molecule has 0 fully saturated rings. The molecular weight excluding hydrogens is 322 g/mol. The Morgan fingerprint density at radius 3 is 2.29 bits per heavy atom. The third-order valence-electron chi connectivity index (χ3n) is 3.82. The highest BCUT2D eigenvalue weighted by Gasteiger charge is 2.09. The van der Waals surface area contributed by atoms with Crippen molar-refractivity contribution in [1.29, 1.82) is 0 Å².